The maximum absolute atomic E-state index is 11.5. The fraction of sp³-hybridized carbons (Fsp3) is 0.0256. The summed E-state index contributed by atoms with van der Waals surface area (Å²) in [6.45, 7) is 1.52. The van der Waals surface area contributed by atoms with Crippen molar-refractivity contribution in [3.05, 3.63) is 315 Å². The highest BCUT2D eigenvalue weighted by molar-refractivity contribution is 14.1. The normalized spacial score (nSPS) is 10.3. The number of carboxylic acid groups (broad SMARTS) is 2. The number of aromatic nitrogens is 9. The van der Waals surface area contributed by atoms with E-state index in [-0.39, 0.29) is 73.1 Å². The molecule has 6 aromatic carbocycles. The number of pyridine rings is 5. The van der Waals surface area contributed by atoms with Crippen molar-refractivity contribution in [2.45, 2.75) is 6.92 Å². The van der Waals surface area contributed by atoms with Gasteiger partial charge in [0.1, 0.15) is 0 Å². The van der Waals surface area contributed by atoms with Crippen molar-refractivity contribution in [2.24, 2.45) is 17.2 Å². The predicted molar refractivity (Wildman–Crippen MR) is 437 cm³/mol. The van der Waals surface area contributed by atoms with Gasteiger partial charge in [-0.05, 0) is 163 Å². The van der Waals surface area contributed by atoms with Crippen LogP contribution in [0.1, 0.15) is 79.4 Å². The summed E-state index contributed by atoms with van der Waals surface area (Å²) in [5, 5.41) is 62.9. The number of nitrogens with two attached hydrogens (primary N) is 6. The number of methoxy groups -OCH3 is 1. The number of carboxylic acids is 2. The Morgan fingerprint density at radius 1 is 0.388 bits per heavy atom. The Labute approximate surface area is 665 Å². The second kappa shape index (κ2) is 37.7. The van der Waals surface area contributed by atoms with E-state index in [1.165, 1.54) is 50.4 Å². The largest absolute Gasteiger partial charge is 0.478 e. The molecule has 15 aromatic rings. The number of nitro benzene ring substituents is 4. The minimum Gasteiger partial charge on any atom is -0.478 e. The van der Waals surface area contributed by atoms with E-state index in [1.54, 1.807) is 123 Å². The number of nitro groups is 4. The van der Waals surface area contributed by atoms with E-state index in [9.17, 15) is 79.1 Å². The Morgan fingerprint density at radius 2 is 0.716 bits per heavy atom. The third kappa shape index (κ3) is 20.3. The summed E-state index contributed by atoms with van der Waals surface area (Å²) in [5.41, 5.74) is 42.8. The van der Waals surface area contributed by atoms with Crippen molar-refractivity contribution in [3.8, 4) is 45.0 Å². The molecule has 3 amide bonds. The van der Waals surface area contributed by atoms with Gasteiger partial charge in [0.05, 0.1) is 104 Å². The number of esters is 1. The molecule has 9 heterocycles. The number of Topliss-reactive ketones (excluding diaryl/α,β-unsaturated/α-hetero) is 1. The fourth-order valence-electron chi connectivity index (χ4n) is 11.0. The minimum absolute atomic E-state index is 0.00857. The van der Waals surface area contributed by atoms with Gasteiger partial charge in [-0.3, -0.25) is 84.6 Å². The number of ether oxygens (including phenoxy) is 1. The number of aromatic amines is 4. The van der Waals surface area contributed by atoms with Crippen molar-refractivity contribution in [2.75, 3.05) is 24.3 Å². The molecule has 0 atom stereocenters. The average Bonchev–Trinajstić information content (AvgIpc) is 1.64. The topological polar surface area (TPSA) is 625 Å². The van der Waals surface area contributed by atoms with Gasteiger partial charge in [-0.15, -0.1) is 0 Å². The van der Waals surface area contributed by atoms with Gasteiger partial charge in [0.15, 0.2) is 5.78 Å². The minimum atomic E-state index is -1.20. The Hall–Kier alpha value is -16.6. The molecule has 15 rings (SSSR count). The first-order chi connectivity index (χ1) is 55.4. The number of hydrogen-bond acceptors (Lipinski definition) is 24. The number of H-pyrrole nitrogens is 4. The number of hydrogen-bond donors (Lipinski definition) is 12. The third-order valence-electron chi connectivity index (χ3n) is 16.6. The van der Waals surface area contributed by atoms with Crippen molar-refractivity contribution < 1.29 is 68.2 Å². The van der Waals surface area contributed by atoms with Gasteiger partial charge in [-0.2, -0.15) is 0 Å². The van der Waals surface area contributed by atoms with E-state index in [0.29, 0.717) is 50.2 Å². The maximum atomic E-state index is 11.5. The van der Waals surface area contributed by atoms with E-state index in [2.05, 4.69) is 72.2 Å². The summed E-state index contributed by atoms with van der Waals surface area (Å²) in [6, 6.07) is 44.1. The van der Waals surface area contributed by atoms with Crippen LogP contribution >= 0.6 is 22.6 Å². The van der Waals surface area contributed by atoms with Crippen LogP contribution in [0.3, 0.4) is 0 Å². The zero-order valence-corrected chi connectivity index (χ0v) is 62.4. The van der Waals surface area contributed by atoms with Crippen LogP contribution in [-0.2, 0) is 4.74 Å². The number of fused-ring (bicyclic) bond motifs is 4. The second-order valence-corrected chi connectivity index (χ2v) is 25.1. The molecule has 0 bridgehead atoms. The monoisotopic (exact) mass is 1680 g/mol. The van der Waals surface area contributed by atoms with Gasteiger partial charge >= 0.3 is 17.9 Å². The number of anilines is 3. The predicted octanol–water partition coefficient (Wildman–Crippen LogP) is 13.0. The summed E-state index contributed by atoms with van der Waals surface area (Å²) in [5.74, 6) is -4.46. The molecule has 37 nitrogen and oxygen atoms in total. The number of amides is 3. The van der Waals surface area contributed by atoms with Crippen LogP contribution in [0, 0.1) is 44.0 Å². The molecule has 116 heavy (non-hydrogen) atoms. The number of nitrogen functional groups attached to an aromatic ring is 3. The lowest BCUT2D eigenvalue weighted by Crippen LogP contribution is -2.11. The van der Waals surface area contributed by atoms with Crippen LogP contribution in [0.5, 0.6) is 0 Å². The lowest BCUT2D eigenvalue weighted by atomic mass is 10.1. The smallest absolute Gasteiger partial charge is 0.339 e. The lowest BCUT2D eigenvalue weighted by Gasteiger charge is -2.02. The third-order valence-corrected chi connectivity index (χ3v) is 17.6. The van der Waals surface area contributed by atoms with Gasteiger partial charge < -0.3 is 69.3 Å². The van der Waals surface area contributed by atoms with Crippen LogP contribution in [0.15, 0.2) is 232 Å². The highest BCUT2D eigenvalue weighted by atomic mass is 127. The van der Waals surface area contributed by atoms with Crippen molar-refractivity contribution in [1.82, 2.24) is 44.9 Å². The van der Waals surface area contributed by atoms with Crippen LogP contribution in [0.2, 0.25) is 0 Å². The Balaban J connectivity index is 0.000000157. The van der Waals surface area contributed by atoms with E-state index >= 15 is 0 Å². The summed E-state index contributed by atoms with van der Waals surface area (Å²) < 4.78 is 5.50. The number of nitrogens with one attached hydrogen (secondary N) is 4. The zero-order valence-electron chi connectivity index (χ0n) is 60.2. The summed E-state index contributed by atoms with van der Waals surface area (Å²) in [7, 11) is 1.21. The number of halogens is 1. The van der Waals surface area contributed by atoms with E-state index < -0.39 is 55.3 Å². The molecule has 0 radical (unpaired) electrons. The molecule has 0 fully saturated rings. The highest BCUT2D eigenvalue weighted by Crippen LogP contribution is 2.36. The van der Waals surface area contributed by atoms with Crippen LogP contribution in [0.4, 0.5) is 39.8 Å². The lowest BCUT2D eigenvalue weighted by molar-refractivity contribution is -0.385. The molecule has 9 aromatic heterocycles. The molecule has 18 N–H and O–H groups in total. The summed E-state index contributed by atoms with van der Waals surface area (Å²) >= 11 is 2.24. The molecule has 0 saturated heterocycles. The summed E-state index contributed by atoms with van der Waals surface area (Å²) in [6.07, 6.45) is 16.6. The Morgan fingerprint density at radius 3 is 1.04 bits per heavy atom. The van der Waals surface area contributed by atoms with E-state index in [4.69, 9.17) is 39.5 Å². The van der Waals surface area contributed by atoms with Gasteiger partial charge in [-0.1, -0.05) is 0 Å². The number of carbonyl (C=O) groups is 7. The molecular formula is C78H62IN19O18. The summed E-state index contributed by atoms with van der Waals surface area (Å²) in [4.78, 5) is 150. The number of aromatic carboxylic acids is 2. The quantitative estimate of drug-likeness (QED) is 0.0113. The van der Waals surface area contributed by atoms with Gasteiger partial charge in [0.25, 0.3) is 40.5 Å². The van der Waals surface area contributed by atoms with Crippen molar-refractivity contribution >= 4 is 147 Å². The SMILES string of the molecule is CC(=O)c1cccnc1.COC(=O)c1ccc([N+](=O)[O-])cc1N.NC(=O)c1ccc(I)c2cc(-c3cccnc3)[nH]c12.NC(=O)c1ccc(N)c2cc(-c3cccnc3)[nH]c12.NC(=O)c1ccc([N+](=O)[O-])c2cc(-c3cccnc3)[nH]c12.Nc1cc([N+](=O)[O-])ccc1C(=O)O.O=C(O)c1ccc([N+](=O)[O-])c2cc(-c3cccnc3)[nH]c12. The van der Waals surface area contributed by atoms with E-state index in [0.717, 1.165) is 77.8 Å². The van der Waals surface area contributed by atoms with Crippen molar-refractivity contribution in [1.29, 1.82) is 0 Å². The maximum Gasteiger partial charge on any atom is 0.339 e. The van der Waals surface area contributed by atoms with E-state index in [1.807, 2.05) is 48.5 Å². The molecular weight excluding hydrogens is 1620 g/mol. The molecule has 0 aliphatic rings. The number of carbonyl (C=O) groups excluding carboxylic acids is 5. The molecule has 38 heteroatoms. The first kappa shape index (κ1) is 83.5. The van der Waals surface area contributed by atoms with Crippen molar-refractivity contribution in [3.63, 3.8) is 0 Å². The molecule has 0 saturated carbocycles. The average molecular weight is 1680 g/mol. The fourth-order valence-corrected chi connectivity index (χ4v) is 11.7. The van der Waals surface area contributed by atoms with Gasteiger partial charge in [0, 0.05) is 169 Å². The molecule has 584 valence electrons. The zero-order chi connectivity index (χ0) is 84.2. The number of primary amides is 3. The van der Waals surface area contributed by atoms with Crippen LogP contribution < -0.4 is 34.4 Å². The molecule has 0 aliphatic heterocycles. The number of benzene rings is 6. The highest BCUT2D eigenvalue weighted by Gasteiger charge is 2.24. The molecule has 0 spiro atoms. The number of non-ortho nitro benzene ring substituents is 4. The Bertz CT molecular complexity index is 5890. The standard InChI is InChI=1S/C14H10IN3O.C14H10N4O3.C14H12N4O.C14H9N3O4.C8H8N2O4.C7H6N2O4.C7H7NO/c15-11-4-3-9(14(16)19)13-10(11)6-12(18-13)8-2-1-5-17-7-8;15-14(19)9-3-4-12(18(20)21)10-6-11(17-13(9)10)8-2-1-5-16-7-8;15-11-4-3-9(14(16)19)13-10(11)6-12(18-13)8-2-1-5-17-7-8;18-14(19)9-3-4-12(17(20)21)10-6-11(16-13(9)10)8-2-1-5-15-7-8;1-14-8(11)6-3-2-5(10(12)13)4-7(6)9;8-6-3-4(9(12)13)1-2-5(6)7(10)11;1-6(9)7-3-2-4-8-5-7/h1-7,18H,(H2,16,19);1-7,17H,(H2,15,19);1-7,18H,15H2,(H2,16,19);1-7,16H,(H,18,19);2-4H,9H2,1H3;1-3H,8H2,(H,10,11);2-5H,1H3. The molecule has 0 aliphatic carbocycles. The Kier molecular flexibility index (Phi) is 27.1. The number of rotatable bonds is 15. The van der Waals surface area contributed by atoms with Crippen LogP contribution in [-0.4, -0.2) is 123 Å². The van der Waals surface area contributed by atoms with Gasteiger partial charge in [0.2, 0.25) is 0 Å². The van der Waals surface area contributed by atoms with Gasteiger partial charge in [-0.25, -0.2) is 14.4 Å². The first-order valence-corrected chi connectivity index (χ1v) is 34.3. The van der Waals surface area contributed by atoms with Crippen LogP contribution in [0.25, 0.3) is 88.6 Å². The second-order valence-electron chi connectivity index (χ2n) is 24.0. The molecule has 0 unspecified atom stereocenters. The number of nitrogens with zero attached hydrogens (tertiary/aromatic N) is 9. The number of ketones is 1. The first-order valence-electron chi connectivity index (χ1n) is 33.2.